The third-order valence-electron chi connectivity index (χ3n) is 1.95. The number of methoxy groups -OCH3 is 1. The van der Waals surface area contributed by atoms with Gasteiger partial charge in [0.2, 0.25) is 0 Å². The number of rotatable bonds is 6. The normalized spacial score (nSPS) is 14.1. The molecule has 0 aromatic heterocycles. The zero-order valence-electron chi connectivity index (χ0n) is 9.09. The minimum absolute atomic E-state index is 0.170. The molecule has 0 rings (SSSR count). The number of carbonyl (C=O) groups is 1. The van der Waals surface area contributed by atoms with E-state index in [2.05, 4.69) is 10.1 Å². The lowest BCUT2D eigenvalue weighted by atomic mass is 9.94. The topological polar surface area (TPSA) is 58.6 Å². The molecule has 0 saturated heterocycles. The van der Waals surface area contributed by atoms with Crippen molar-refractivity contribution in [1.29, 1.82) is 0 Å². The average molecular weight is 225 g/mol. The molecule has 1 unspecified atom stereocenters. The summed E-state index contributed by atoms with van der Waals surface area (Å²) in [5, 5.41) is 11.4. The van der Waals surface area contributed by atoms with E-state index in [0.717, 1.165) is 0 Å². The fraction of sp³-hybridized carbons (Fsp3) is 0.889. The maximum atomic E-state index is 11.9. The van der Waals surface area contributed by atoms with Gasteiger partial charge in [0.1, 0.15) is 6.10 Å². The van der Waals surface area contributed by atoms with Gasteiger partial charge in [0.05, 0.1) is 12.5 Å². The van der Waals surface area contributed by atoms with Crippen LogP contribution in [0.3, 0.4) is 0 Å². The number of hydrogen-bond donors (Lipinski definition) is 2. The molecule has 0 amide bonds. The molecule has 15 heavy (non-hydrogen) atoms. The van der Waals surface area contributed by atoms with Crippen LogP contribution in [0.2, 0.25) is 0 Å². The van der Waals surface area contributed by atoms with Crippen molar-refractivity contribution in [2.75, 3.05) is 20.2 Å². The van der Waals surface area contributed by atoms with E-state index in [4.69, 9.17) is 5.11 Å². The number of halogens is 2. The van der Waals surface area contributed by atoms with E-state index in [1.807, 2.05) is 0 Å². The Morgan fingerprint density at radius 2 is 2.07 bits per heavy atom. The van der Waals surface area contributed by atoms with Crippen molar-refractivity contribution in [1.82, 2.24) is 5.32 Å². The molecule has 0 aliphatic rings. The molecule has 0 aromatic rings. The molecule has 1 atom stereocenters. The number of carbonyl (C=O) groups excluding carboxylic acids is 1. The first-order valence-electron chi connectivity index (χ1n) is 4.56. The van der Waals surface area contributed by atoms with Crippen LogP contribution < -0.4 is 5.32 Å². The molecule has 0 heterocycles. The molecule has 0 aliphatic carbocycles. The van der Waals surface area contributed by atoms with Crippen LogP contribution in [0.1, 0.15) is 13.8 Å². The highest BCUT2D eigenvalue weighted by atomic mass is 19.3. The molecule has 2 N–H and O–H groups in total. The van der Waals surface area contributed by atoms with Gasteiger partial charge >= 0.3 is 5.97 Å². The summed E-state index contributed by atoms with van der Waals surface area (Å²) in [5.41, 5.74) is -0.795. The number of ether oxygens (including phenoxy) is 1. The van der Waals surface area contributed by atoms with Crippen molar-refractivity contribution < 1.29 is 23.4 Å². The highest BCUT2D eigenvalue weighted by Gasteiger charge is 2.28. The summed E-state index contributed by atoms with van der Waals surface area (Å²) in [6.07, 6.45) is -4.49. The Balaban J connectivity index is 3.90. The summed E-state index contributed by atoms with van der Waals surface area (Å²) in [7, 11) is 1.26. The molecule has 90 valence electrons. The van der Waals surface area contributed by atoms with E-state index in [1.165, 1.54) is 7.11 Å². The van der Waals surface area contributed by atoms with E-state index < -0.39 is 23.9 Å². The van der Waals surface area contributed by atoms with E-state index >= 15 is 0 Å². The third kappa shape index (κ3) is 5.03. The minimum Gasteiger partial charge on any atom is -0.469 e. The second kappa shape index (κ2) is 5.97. The Labute approximate surface area is 87.6 Å². The van der Waals surface area contributed by atoms with Crippen molar-refractivity contribution in [2.24, 2.45) is 5.41 Å². The zero-order chi connectivity index (χ0) is 12.1. The van der Waals surface area contributed by atoms with Gasteiger partial charge in [0.25, 0.3) is 6.43 Å². The lowest BCUT2D eigenvalue weighted by molar-refractivity contribution is -0.150. The Morgan fingerprint density at radius 3 is 2.47 bits per heavy atom. The van der Waals surface area contributed by atoms with E-state index in [0.29, 0.717) is 0 Å². The maximum Gasteiger partial charge on any atom is 0.312 e. The van der Waals surface area contributed by atoms with Gasteiger partial charge in [-0.25, -0.2) is 8.78 Å². The first kappa shape index (κ1) is 14.2. The summed E-state index contributed by atoms with van der Waals surface area (Å²) in [6, 6.07) is 0. The van der Waals surface area contributed by atoms with Gasteiger partial charge in [-0.1, -0.05) is 0 Å². The number of nitrogens with one attached hydrogen (secondary N) is 1. The summed E-state index contributed by atoms with van der Waals surface area (Å²) in [5.74, 6) is -0.429. The van der Waals surface area contributed by atoms with Crippen molar-refractivity contribution in [2.45, 2.75) is 26.4 Å². The highest BCUT2D eigenvalue weighted by molar-refractivity contribution is 5.76. The number of alkyl halides is 2. The Bertz CT molecular complexity index is 210. The average Bonchev–Trinajstić information content (AvgIpc) is 2.15. The van der Waals surface area contributed by atoms with Crippen LogP contribution in [0.5, 0.6) is 0 Å². The molecular formula is C9H17F2NO3. The van der Waals surface area contributed by atoms with Gasteiger partial charge < -0.3 is 15.2 Å². The fourth-order valence-corrected chi connectivity index (χ4v) is 0.970. The van der Waals surface area contributed by atoms with Gasteiger partial charge in [0.15, 0.2) is 0 Å². The molecule has 4 nitrogen and oxygen atoms in total. The predicted molar refractivity (Wildman–Crippen MR) is 50.7 cm³/mol. The molecule has 0 saturated carbocycles. The van der Waals surface area contributed by atoms with Gasteiger partial charge in [-0.15, -0.1) is 0 Å². The van der Waals surface area contributed by atoms with Crippen molar-refractivity contribution in [3.05, 3.63) is 0 Å². The van der Waals surface area contributed by atoms with Gasteiger partial charge in [-0.05, 0) is 13.8 Å². The van der Waals surface area contributed by atoms with Crippen molar-refractivity contribution in [3.63, 3.8) is 0 Å². The van der Waals surface area contributed by atoms with Crippen LogP contribution in [0.25, 0.3) is 0 Å². The van der Waals surface area contributed by atoms with E-state index in [-0.39, 0.29) is 13.1 Å². The Kier molecular flexibility index (Phi) is 5.67. The van der Waals surface area contributed by atoms with Crippen LogP contribution in [-0.4, -0.2) is 43.8 Å². The molecule has 0 fully saturated rings. The molecular weight excluding hydrogens is 208 g/mol. The highest BCUT2D eigenvalue weighted by Crippen LogP contribution is 2.15. The summed E-state index contributed by atoms with van der Waals surface area (Å²) < 4.78 is 28.3. The SMILES string of the molecule is COC(=O)C(C)(C)CNCC(O)C(F)F. The number of aliphatic hydroxyl groups is 1. The molecule has 0 radical (unpaired) electrons. The van der Waals surface area contributed by atoms with Crippen molar-refractivity contribution >= 4 is 5.97 Å². The smallest absolute Gasteiger partial charge is 0.312 e. The molecule has 0 aromatic carbocycles. The summed E-state index contributed by atoms with van der Waals surface area (Å²) in [6.45, 7) is 3.17. The Hall–Kier alpha value is -0.750. The lowest BCUT2D eigenvalue weighted by Gasteiger charge is -2.22. The monoisotopic (exact) mass is 225 g/mol. The standard InChI is InChI=1S/C9H17F2NO3/c1-9(2,8(14)15-3)5-12-4-6(13)7(10)11/h6-7,12-13H,4-5H2,1-3H3. The number of esters is 1. The predicted octanol–water partition coefficient (Wildman–Crippen LogP) is 0.401. The third-order valence-corrected chi connectivity index (χ3v) is 1.95. The number of hydrogen-bond acceptors (Lipinski definition) is 4. The maximum absolute atomic E-state index is 11.9. The van der Waals surface area contributed by atoms with Crippen molar-refractivity contribution in [3.8, 4) is 0 Å². The number of aliphatic hydroxyl groups excluding tert-OH is 1. The van der Waals surface area contributed by atoms with Gasteiger partial charge in [-0.2, -0.15) is 0 Å². The quantitative estimate of drug-likeness (QED) is 0.642. The second-order valence-corrected chi connectivity index (χ2v) is 3.91. The molecule has 0 bridgehead atoms. The lowest BCUT2D eigenvalue weighted by Crippen LogP contribution is -2.41. The molecule has 6 heteroatoms. The second-order valence-electron chi connectivity index (χ2n) is 3.91. The summed E-state index contributed by atoms with van der Waals surface area (Å²) in [4.78, 5) is 11.2. The largest absolute Gasteiger partial charge is 0.469 e. The van der Waals surface area contributed by atoms with E-state index in [9.17, 15) is 13.6 Å². The van der Waals surface area contributed by atoms with Crippen LogP contribution in [0.4, 0.5) is 8.78 Å². The van der Waals surface area contributed by atoms with E-state index in [1.54, 1.807) is 13.8 Å². The zero-order valence-corrected chi connectivity index (χ0v) is 9.09. The van der Waals surface area contributed by atoms with Crippen LogP contribution in [0, 0.1) is 5.41 Å². The minimum atomic E-state index is -2.78. The van der Waals surface area contributed by atoms with Crippen LogP contribution in [0.15, 0.2) is 0 Å². The van der Waals surface area contributed by atoms with Crippen LogP contribution in [-0.2, 0) is 9.53 Å². The Morgan fingerprint density at radius 1 is 1.53 bits per heavy atom. The van der Waals surface area contributed by atoms with Gasteiger partial charge in [0, 0.05) is 13.1 Å². The first-order valence-corrected chi connectivity index (χ1v) is 4.56. The fourth-order valence-electron chi connectivity index (χ4n) is 0.970. The molecule has 0 spiro atoms. The van der Waals surface area contributed by atoms with Crippen LogP contribution >= 0.6 is 0 Å². The molecule has 0 aliphatic heterocycles. The first-order chi connectivity index (χ1) is 6.81. The van der Waals surface area contributed by atoms with Gasteiger partial charge in [-0.3, -0.25) is 4.79 Å². The summed E-state index contributed by atoms with van der Waals surface area (Å²) >= 11 is 0.